The van der Waals surface area contributed by atoms with Crippen molar-refractivity contribution in [2.45, 2.75) is 38.3 Å². The van der Waals surface area contributed by atoms with E-state index in [1.807, 2.05) is 20.8 Å². The topological polar surface area (TPSA) is 84.2 Å². The number of hydrogen-bond acceptors (Lipinski definition) is 4. The van der Waals surface area contributed by atoms with Crippen molar-refractivity contribution in [2.24, 2.45) is 5.92 Å². The molecule has 98 valence electrons. The molecule has 1 atom stereocenters. The molecule has 1 aromatic heterocycles. The van der Waals surface area contributed by atoms with E-state index in [4.69, 9.17) is 5.11 Å². The zero-order chi connectivity index (χ0) is 13.1. The van der Waals surface area contributed by atoms with Crippen LogP contribution >= 0.6 is 0 Å². The molecule has 7 heteroatoms. The van der Waals surface area contributed by atoms with Gasteiger partial charge in [0, 0.05) is 18.8 Å². The minimum Gasteiger partial charge on any atom is -0.395 e. The monoisotopic (exact) mass is 261 g/mol. The number of nitrogens with zero attached hydrogens (tertiary/aromatic N) is 2. The van der Waals surface area contributed by atoms with Crippen molar-refractivity contribution in [3.63, 3.8) is 0 Å². The highest BCUT2D eigenvalue weighted by atomic mass is 32.2. The van der Waals surface area contributed by atoms with Crippen LogP contribution in [0.2, 0.25) is 0 Å². The zero-order valence-corrected chi connectivity index (χ0v) is 11.1. The summed E-state index contributed by atoms with van der Waals surface area (Å²) in [6.07, 6.45) is 2.78. The van der Waals surface area contributed by atoms with Crippen LogP contribution in [0.5, 0.6) is 0 Å². The van der Waals surface area contributed by atoms with E-state index in [0.717, 1.165) is 0 Å². The number of rotatable bonds is 6. The van der Waals surface area contributed by atoms with Gasteiger partial charge in [-0.1, -0.05) is 13.8 Å². The first kappa shape index (κ1) is 14.1. The Morgan fingerprint density at radius 2 is 2.18 bits per heavy atom. The summed E-state index contributed by atoms with van der Waals surface area (Å²) in [5, 5.41) is 13.0. The number of nitrogens with one attached hydrogen (secondary N) is 1. The highest BCUT2D eigenvalue weighted by Gasteiger charge is 2.22. The van der Waals surface area contributed by atoms with Crippen LogP contribution in [0.15, 0.2) is 17.3 Å². The number of aliphatic hydroxyl groups excluding tert-OH is 1. The molecule has 0 saturated carbocycles. The lowest BCUT2D eigenvalue weighted by molar-refractivity contribution is 0.227. The first-order valence-electron chi connectivity index (χ1n) is 5.56. The SMILES string of the molecule is CCn1cc(S(=O)(=O)N[C@H](CO)C(C)C)cn1. The quantitative estimate of drug-likeness (QED) is 0.766. The molecule has 0 fully saturated rings. The standard InChI is InChI=1S/C10H19N3O3S/c1-4-13-6-9(5-11-13)17(15,16)12-10(7-14)8(2)3/h5-6,8,10,12,14H,4,7H2,1-3H3/t10-/m1/s1. The minimum absolute atomic E-state index is 0.0241. The van der Waals surface area contributed by atoms with Gasteiger partial charge >= 0.3 is 0 Å². The number of aromatic nitrogens is 2. The van der Waals surface area contributed by atoms with Gasteiger partial charge < -0.3 is 5.11 Å². The highest BCUT2D eigenvalue weighted by Crippen LogP contribution is 2.10. The lowest BCUT2D eigenvalue weighted by Crippen LogP contribution is -2.40. The van der Waals surface area contributed by atoms with E-state index in [1.54, 1.807) is 0 Å². The van der Waals surface area contributed by atoms with E-state index in [2.05, 4.69) is 9.82 Å². The van der Waals surface area contributed by atoms with Gasteiger partial charge in [0.15, 0.2) is 0 Å². The molecule has 0 aliphatic rings. The second-order valence-corrected chi connectivity index (χ2v) is 5.90. The first-order valence-corrected chi connectivity index (χ1v) is 7.04. The van der Waals surface area contributed by atoms with Crippen LogP contribution in [0, 0.1) is 5.92 Å². The largest absolute Gasteiger partial charge is 0.395 e. The Labute approximate surface area is 102 Å². The van der Waals surface area contributed by atoms with Crippen molar-refractivity contribution < 1.29 is 13.5 Å². The Morgan fingerprint density at radius 1 is 1.53 bits per heavy atom. The van der Waals surface area contributed by atoms with Crippen LogP contribution in [0.4, 0.5) is 0 Å². The molecule has 0 saturated heterocycles. The minimum atomic E-state index is -3.60. The molecule has 1 rings (SSSR count). The van der Waals surface area contributed by atoms with Crippen molar-refractivity contribution in [3.05, 3.63) is 12.4 Å². The smallest absolute Gasteiger partial charge is 0.244 e. The Hall–Kier alpha value is -0.920. The van der Waals surface area contributed by atoms with Crippen molar-refractivity contribution in [1.82, 2.24) is 14.5 Å². The van der Waals surface area contributed by atoms with E-state index in [0.29, 0.717) is 6.54 Å². The van der Waals surface area contributed by atoms with Gasteiger partial charge in [-0.25, -0.2) is 13.1 Å². The zero-order valence-electron chi connectivity index (χ0n) is 10.3. The van der Waals surface area contributed by atoms with E-state index in [1.165, 1.54) is 17.1 Å². The predicted molar refractivity (Wildman–Crippen MR) is 63.9 cm³/mol. The third kappa shape index (κ3) is 3.52. The van der Waals surface area contributed by atoms with Crippen LogP contribution in [-0.4, -0.2) is 36.0 Å². The second kappa shape index (κ2) is 5.61. The maximum atomic E-state index is 12.0. The van der Waals surface area contributed by atoms with Crippen molar-refractivity contribution in [3.8, 4) is 0 Å². The molecule has 0 aliphatic heterocycles. The van der Waals surface area contributed by atoms with E-state index >= 15 is 0 Å². The van der Waals surface area contributed by atoms with Crippen LogP contribution in [0.3, 0.4) is 0 Å². The molecule has 0 aliphatic carbocycles. The summed E-state index contributed by atoms with van der Waals surface area (Å²) in [6.45, 7) is 5.96. The average molecular weight is 261 g/mol. The molecule has 6 nitrogen and oxygen atoms in total. The summed E-state index contributed by atoms with van der Waals surface area (Å²) in [4.78, 5) is 0.124. The molecular weight excluding hydrogens is 242 g/mol. The van der Waals surface area contributed by atoms with E-state index < -0.39 is 16.1 Å². The Kier molecular flexibility index (Phi) is 4.67. The molecule has 0 unspecified atom stereocenters. The highest BCUT2D eigenvalue weighted by molar-refractivity contribution is 7.89. The van der Waals surface area contributed by atoms with Gasteiger partial charge in [0.2, 0.25) is 10.0 Å². The van der Waals surface area contributed by atoms with Gasteiger partial charge in [-0.2, -0.15) is 5.10 Å². The molecule has 0 amide bonds. The van der Waals surface area contributed by atoms with Crippen molar-refractivity contribution in [1.29, 1.82) is 0 Å². The van der Waals surface area contributed by atoms with E-state index in [-0.39, 0.29) is 17.4 Å². The van der Waals surface area contributed by atoms with Crippen LogP contribution in [-0.2, 0) is 16.6 Å². The fourth-order valence-corrected chi connectivity index (χ4v) is 2.64. The molecule has 17 heavy (non-hydrogen) atoms. The van der Waals surface area contributed by atoms with Crippen molar-refractivity contribution >= 4 is 10.0 Å². The Bertz CT molecular complexity index is 453. The van der Waals surface area contributed by atoms with Gasteiger partial charge in [0.1, 0.15) is 4.90 Å². The van der Waals surface area contributed by atoms with Crippen LogP contribution < -0.4 is 4.72 Å². The summed E-state index contributed by atoms with van der Waals surface area (Å²) in [7, 11) is -3.60. The number of hydrogen-bond donors (Lipinski definition) is 2. The van der Waals surface area contributed by atoms with Crippen molar-refractivity contribution in [2.75, 3.05) is 6.61 Å². The lowest BCUT2D eigenvalue weighted by Gasteiger charge is -2.19. The maximum Gasteiger partial charge on any atom is 0.244 e. The Morgan fingerprint density at radius 3 is 2.59 bits per heavy atom. The lowest BCUT2D eigenvalue weighted by atomic mass is 10.1. The molecule has 2 N–H and O–H groups in total. The number of sulfonamides is 1. The van der Waals surface area contributed by atoms with Gasteiger partial charge in [-0.3, -0.25) is 4.68 Å². The number of aryl methyl sites for hydroxylation is 1. The number of aliphatic hydroxyl groups is 1. The average Bonchev–Trinajstić information content (AvgIpc) is 2.74. The molecular formula is C10H19N3O3S. The maximum absolute atomic E-state index is 12.0. The van der Waals surface area contributed by atoms with Gasteiger partial charge in [-0.05, 0) is 12.8 Å². The summed E-state index contributed by atoms with van der Waals surface area (Å²) in [6, 6.07) is -0.482. The summed E-state index contributed by atoms with van der Waals surface area (Å²) >= 11 is 0. The van der Waals surface area contributed by atoms with Crippen LogP contribution in [0.1, 0.15) is 20.8 Å². The van der Waals surface area contributed by atoms with E-state index in [9.17, 15) is 8.42 Å². The summed E-state index contributed by atoms with van der Waals surface area (Å²) in [5.41, 5.74) is 0. The molecule has 0 bridgehead atoms. The molecule has 0 aromatic carbocycles. The predicted octanol–water partition coefficient (Wildman–Crippen LogP) is 0.198. The first-order chi connectivity index (χ1) is 7.90. The summed E-state index contributed by atoms with van der Waals surface area (Å²) < 4.78 is 27.9. The summed E-state index contributed by atoms with van der Waals surface area (Å²) in [5.74, 6) is 0.0241. The molecule has 0 spiro atoms. The fraction of sp³-hybridized carbons (Fsp3) is 0.700. The normalized spacial score (nSPS) is 14.2. The molecule has 1 heterocycles. The third-order valence-electron chi connectivity index (χ3n) is 2.55. The van der Waals surface area contributed by atoms with Crippen LogP contribution in [0.25, 0.3) is 0 Å². The molecule has 1 aromatic rings. The van der Waals surface area contributed by atoms with Gasteiger partial charge in [0.05, 0.1) is 12.8 Å². The third-order valence-corrected chi connectivity index (χ3v) is 4.00. The Balaban J connectivity index is 2.88. The second-order valence-electron chi connectivity index (χ2n) is 4.19. The fourth-order valence-electron chi connectivity index (χ4n) is 1.31. The van der Waals surface area contributed by atoms with Gasteiger partial charge in [-0.15, -0.1) is 0 Å². The van der Waals surface area contributed by atoms with Gasteiger partial charge in [0.25, 0.3) is 0 Å². The molecule has 0 radical (unpaired) electrons.